The van der Waals surface area contributed by atoms with Crippen molar-refractivity contribution in [2.45, 2.75) is 38.8 Å². The van der Waals surface area contributed by atoms with E-state index in [0.717, 1.165) is 0 Å². The Kier molecular flexibility index (Phi) is 8.76. The summed E-state index contributed by atoms with van der Waals surface area (Å²) >= 11 is 6.17. The quantitative estimate of drug-likeness (QED) is 0.514. The minimum atomic E-state index is -0.634. The Balaban J connectivity index is 2.24. The molecule has 29 heavy (non-hydrogen) atoms. The zero-order chi connectivity index (χ0) is 21.4. The molecule has 1 amide bonds. The van der Waals surface area contributed by atoms with Crippen LogP contribution in [0.4, 0.5) is 4.39 Å². The van der Waals surface area contributed by atoms with Gasteiger partial charge in [-0.2, -0.15) is 0 Å². The van der Waals surface area contributed by atoms with E-state index in [9.17, 15) is 9.59 Å². The second-order valence-corrected chi connectivity index (χ2v) is 7.30. The number of rotatable bonds is 10. The van der Waals surface area contributed by atoms with Gasteiger partial charge in [-0.15, -0.1) is 0 Å². The molecule has 0 heterocycles. The standard InChI is InChI=1S/C22H27ClFN3O2/c1-3-18(27-14(2)13-19(28)26-12-11-25)16-9-10-17(23)20(21(16)24)22(29)15-7-5-4-6-8-15/h4-10,14,18,27H,3,11-13,25H2,1-2H3,(H,26,28)/t14-,18-/m0/s1. The van der Waals surface area contributed by atoms with E-state index in [-0.39, 0.29) is 35.0 Å². The van der Waals surface area contributed by atoms with Crippen molar-refractivity contribution in [3.63, 3.8) is 0 Å². The van der Waals surface area contributed by atoms with Crippen molar-refractivity contribution in [1.82, 2.24) is 10.6 Å². The molecule has 2 rings (SSSR count). The van der Waals surface area contributed by atoms with Gasteiger partial charge in [-0.3, -0.25) is 9.59 Å². The molecule has 0 aliphatic heterocycles. The number of amides is 1. The highest BCUT2D eigenvalue weighted by Crippen LogP contribution is 2.30. The molecule has 2 aromatic rings. The lowest BCUT2D eigenvalue weighted by atomic mass is 9.95. The summed E-state index contributed by atoms with van der Waals surface area (Å²) in [6.45, 7) is 4.55. The van der Waals surface area contributed by atoms with E-state index in [1.807, 2.05) is 13.8 Å². The fourth-order valence-corrected chi connectivity index (χ4v) is 3.40. The van der Waals surface area contributed by atoms with Gasteiger partial charge in [0.15, 0.2) is 5.78 Å². The van der Waals surface area contributed by atoms with E-state index < -0.39 is 11.6 Å². The molecule has 156 valence electrons. The summed E-state index contributed by atoms with van der Waals surface area (Å²) < 4.78 is 15.3. The van der Waals surface area contributed by atoms with Gasteiger partial charge in [0.1, 0.15) is 5.82 Å². The SMILES string of the molecule is CC[C@H](N[C@@H](C)CC(=O)NCCN)c1ccc(Cl)c(C(=O)c2ccccc2)c1F. The number of hydrogen-bond donors (Lipinski definition) is 3. The second-order valence-electron chi connectivity index (χ2n) is 6.89. The number of benzene rings is 2. The van der Waals surface area contributed by atoms with Gasteiger partial charge in [-0.05, 0) is 19.4 Å². The highest BCUT2D eigenvalue weighted by atomic mass is 35.5. The first kappa shape index (κ1) is 23.0. The van der Waals surface area contributed by atoms with Crippen LogP contribution < -0.4 is 16.4 Å². The molecule has 0 radical (unpaired) electrons. The molecular weight excluding hydrogens is 393 g/mol. The molecule has 0 fully saturated rings. The lowest BCUT2D eigenvalue weighted by molar-refractivity contribution is -0.121. The Labute approximate surface area is 175 Å². The molecule has 0 aromatic heterocycles. The maximum absolute atomic E-state index is 15.3. The van der Waals surface area contributed by atoms with Crippen molar-refractivity contribution in [3.05, 3.63) is 70.0 Å². The van der Waals surface area contributed by atoms with Gasteiger partial charge in [-0.1, -0.05) is 54.9 Å². The maximum Gasteiger partial charge on any atom is 0.221 e. The van der Waals surface area contributed by atoms with Crippen LogP contribution in [0.2, 0.25) is 5.02 Å². The lowest BCUT2D eigenvalue weighted by Crippen LogP contribution is -2.37. The monoisotopic (exact) mass is 419 g/mol. The molecule has 7 heteroatoms. The second kappa shape index (κ2) is 11.0. The van der Waals surface area contributed by atoms with Gasteiger partial charge in [0.2, 0.25) is 5.91 Å². The van der Waals surface area contributed by atoms with Crippen molar-refractivity contribution in [3.8, 4) is 0 Å². The summed E-state index contributed by atoms with van der Waals surface area (Å²) in [5.41, 5.74) is 5.97. The van der Waals surface area contributed by atoms with Gasteiger partial charge in [0.25, 0.3) is 0 Å². The number of ketones is 1. The number of hydrogen-bond acceptors (Lipinski definition) is 4. The van der Waals surface area contributed by atoms with Crippen LogP contribution in [0.1, 0.15) is 54.2 Å². The highest BCUT2D eigenvalue weighted by Gasteiger charge is 2.25. The topological polar surface area (TPSA) is 84.2 Å². The van der Waals surface area contributed by atoms with Crippen molar-refractivity contribution >= 4 is 23.3 Å². The van der Waals surface area contributed by atoms with E-state index in [1.165, 1.54) is 0 Å². The van der Waals surface area contributed by atoms with Crippen LogP contribution in [0.5, 0.6) is 0 Å². The third-order valence-electron chi connectivity index (χ3n) is 4.61. The average Bonchev–Trinajstić information content (AvgIpc) is 2.71. The van der Waals surface area contributed by atoms with E-state index in [2.05, 4.69) is 10.6 Å². The Hall–Kier alpha value is -2.28. The minimum absolute atomic E-state index is 0.0733. The first-order valence-electron chi connectivity index (χ1n) is 9.69. The van der Waals surface area contributed by atoms with E-state index >= 15 is 4.39 Å². The van der Waals surface area contributed by atoms with Gasteiger partial charge in [0, 0.05) is 42.7 Å². The smallest absolute Gasteiger partial charge is 0.221 e. The number of halogens is 2. The van der Waals surface area contributed by atoms with Crippen molar-refractivity contribution in [1.29, 1.82) is 0 Å². The van der Waals surface area contributed by atoms with Gasteiger partial charge in [0.05, 0.1) is 10.6 Å². The van der Waals surface area contributed by atoms with Crippen LogP contribution in [-0.4, -0.2) is 30.8 Å². The van der Waals surface area contributed by atoms with E-state index in [4.69, 9.17) is 17.3 Å². The van der Waals surface area contributed by atoms with Gasteiger partial charge >= 0.3 is 0 Å². The Morgan fingerprint density at radius 2 is 1.86 bits per heavy atom. The Morgan fingerprint density at radius 1 is 1.17 bits per heavy atom. The van der Waals surface area contributed by atoms with Gasteiger partial charge in [-0.25, -0.2) is 4.39 Å². The molecule has 0 unspecified atom stereocenters. The fraction of sp³-hybridized carbons (Fsp3) is 0.364. The molecule has 0 spiro atoms. The Morgan fingerprint density at radius 3 is 2.48 bits per heavy atom. The third-order valence-corrected chi connectivity index (χ3v) is 4.93. The molecule has 0 saturated heterocycles. The summed E-state index contributed by atoms with van der Waals surface area (Å²) in [4.78, 5) is 24.7. The first-order chi connectivity index (χ1) is 13.9. The van der Waals surface area contributed by atoms with Crippen molar-refractivity contribution in [2.75, 3.05) is 13.1 Å². The van der Waals surface area contributed by atoms with Gasteiger partial charge < -0.3 is 16.4 Å². The van der Waals surface area contributed by atoms with Crippen LogP contribution in [0.15, 0.2) is 42.5 Å². The predicted molar refractivity (Wildman–Crippen MR) is 114 cm³/mol. The van der Waals surface area contributed by atoms with E-state index in [1.54, 1.807) is 42.5 Å². The van der Waals surface area contributed by atoms with Crippen LogP contribution in [0.3, 0.4) is 0 Å². The number of nitrogens with one attached hydrogen (secondary N) is 2. The van der Waals surface area contributed by atoms with Crippen LogP contribution in [0.25, 0.3) is 0 Å². The fourth-order valence-electron chi connectivity index (χ4n) is 3.17. The minimum Gasteiger partial charge on any atom is -0.355 e. The lowest BCUT2D eigenvalue weighted by Gasteiger charge is -2.24. The first-order valence-corrected chi connectivity index (χ1v) is 10.1. The normalized spacial score (nSPS) is 13.0. The molecule has 0 aliphatic carbocycles. The van der Waals surface area contributed by atoms with Crippen LogP contribution >= 0.6 is 11.6 Å². The van der Waals surface area contributed by atoms with Crippen molar-refractivity contribution < 1.29 is 14.0 Å². The van der Waals surface area contributed by atoms with Crippen LogP contribution in [-0.2, 0) is 4.79 Å². The molecule has 0 aliphatic rings. The maximum atomic E-state index is 15.3. The number of carbonyl (C=O) groups is 2. The summed E-state index contributed by atoms with van der Waals surface area (Å²) in [6, 6.07) is 11.0. The predicted octanol–water partition coefficient (Wildman–Crippen LogP) is 3.60. The third kappa shape index (κ3) is 6.10. The van der Waals surface area contributed by atoms with Crippen molar-refractivity contribution in [2.24, 2.45) is 5.73 Å². The Bertz CT molecular complexity index is 845. The molecule has 0 bridgehead atoms. The summed E-state index contributed by atoms with van der Waals surface area (Å²) in [7, 11) is 0. The zero-order valence-electron chi connectivity index (χ0n) is 16.7. The van der Waals surface area contributed by atoms with E-state index in [0.29, 0.717) is 30.6 Å². The molecular formula is C22H27ClFN3O2. The highest BCUT2D eigenvalue weighted by molar-refractivity contribution is 6.35. The van der Waals surface area contributed by atoms with Crippen LogP contribution in [0, 0.1) is 5.82 Å². The molecule has 0 saturated carbocycles. The molecule has 5 nitrogen and oxygen atoms in total. The average molecular weight is 420 g/mol. The summed E-state index contributed by atoms with van der Waals surface area (Å²) in [5.74, 6) is -1.22. The molecule has 2 aromatic carbocycles. The zero-order valence-corrected chi connectivity index (χ0v) is 17.4. The number of nitrogens with two attached hydrogens (primary N) is 1. The summed E-state index contributed by atoms with van der Waals surface area (Å²) in [6.07, 6.45) is 0.813. The molecule has 2 atom stereocenters. The summed E-state index contributed by atoms with van der Waals surface area (Å²) in [5, 5.41) is 6.06. The number of carbonyl (C=O) groups excluding carboxylic acids is 2. The molecule has 4 N–H and O–H groups in total. The largest absolute Gasteiger partial charge is 0.355 e.